The van der Waals surface area contributed by atoms with Crippen molar-refractivity contribution in [3.05, 3.63) is 54.1 Å². The molecular formula is C21H26N4O3S2. The monoisotopic (exact) mass is 446 g/mol. The molecule has 1 aliphatic heterocycles. The van der Waals surface area contributed by atoms with Gasteiger partial charge in [-0.1, -0.05) is 30.8 Å². The van der Waals surface area contributed by atoms with Crippen LogP contribution >= 0.6 is 11.8 Å². The third-order valence-electron chi connectivity index (χ3n) is 4.65. The molecule has 2 aromatic carbocycles. The fourth-order valence-electron chi connectivity index (χ4n) is 2.98. The van der Waals surface area contributed by atoms with E-state index >= 15 is 0 Å². The quantitative estimate of drug-likeness (QED) is 0.705. The average Bonchev–Trinajstić information content (AvgIpc) is 3.07. The molecule has 1 fully saturated rings. The second kappa shape index (κ2) is 8.79. The van der Waals surface area contributed by atoms with Crippen molar-refractivity contribution in [1.29, 1.82) is 0 Å². The summed E-state index contributed by atoms with van der Waals surface area (Å²) in [6.07, 6.45) is 0. The molecule has 1 heterocycles. The van der Waals surface area contributed by atoms with Crippen LogP contribution in [0.3, 0.4) is 0 Å². The van der Waals surface area contributed by atoms with E-state index in [1.807, 2.05) is 44.1 Å². The molecule has 0 aromatic heterocycles. The van der Waals surface area contributed by atoms with Gasteiger partial charge in [-0.2, -0.15) is 0 Å². The molecule has 2 aromatic rings. The average molecular weight is 447 g/mol. The summed E-state index contributed by atoms with van der Waals surface area (Å²) in [5.74, 6) is -0.119. The van der Waals surface area contributed by atoms with Crippen molar-refractivity contribution in [2.75, 3.05) is 39.6 Å². The van der Waals surface area contributed by atoms with Gasteiger partial charge in [0.2, 0.25) is 10.0 Å². The number of carbonyl (C=O) groups is 1. The summed E-state index contributed by atoms with van der Waals surface area (Å²) in [6.45, 7) is 2.58. The Morgan fingerprint density at radius 3 is 2.47 bits per heavy atom. The van der Waals surface area contributed by atoms with Gasteiger partial charge in [-0.15, -0.1) is 0 Å². The summed E-state index contributed by atoms with van der Waals surface area (Å²) >= 11 is 1.51. The highest BCUT2D eigenvalue weighted by Crippen LogP contribution is 2.30. The summed E-state index contributed by atoms with van der Waals surface area (Å²) in [4.78, 5) is 21.6. The number of aliphatic imine (C=N–C) groups is 1. The second-order valence-corrected chi connectivity index (χ2v) is 11.0. The van der Waals surface area contributed by atoms with Gasteiger partial charge in [0, 0.05) is 51.2 Å². The molecule has 1 aliphatic rings. The van der Waals surface area contributed by atoms with Crippen molar-refractivity contribution in [1.82, 2.24) is 9.21 Å². The topological polar surface area (TPSA) is 73.3 Å². The largest absolute Gasteiger partial charge is 0.378 e. The third-order valence-corrected chi connectivity index (χ3v) is 7.54. The van der Waals surface area contributed by atoms with Crippen molar-refractivity contribution >= 4 is 44.2 Å². The molecule has 0 N–H and O–H groups in total. The Morgan fingerprint density at radius 2 is 1.80 bits per heavy atom. The lowest BCUT2D eigenvalue weighted by Gasteiger charge is -2.18. The van der Waals surface area contributed by atoms with Crippen molar-refractivity contribution in [2.24, 2.45) is 4.99 Å². The van der Waals surface area contributed by atoms with E-state index in [0.29, 0.717) is 23.0 Å². The molecule has 1 saturated heterocycles. The lowest BCUT2D eigenvalue weighted by Crippen LogP contribution is -2.32. The number of rotatable bonds is 5. The van der Waals surface area contributed by atoms with Gasteiger partial charge >= 0.3 is 0 Å². The van der Waals surface area contributed by atoms with Crippen LogP contribution in [0.5, 0.6) is 0 Å². The highest BCUT2D eigenvalue weighted by atomic mass is 32.2. The molecule has 0 radical (unpaired) electrons. The van der Waals surface area contributed by atoms with Crippen molar-refractivity contribution in [2.45, 2.75) is 17.1 Å². The first-order chi connectivity index (χ1) is 14.1. The minimum Gasteiger partial charge on any atom is -0.378 e. The van der Waals surface area contributed by atoms with Crippen LogP contribution in [0.15, 0.2) is 58.4 Å². The number of benzene rings is 2. The Balaban J connectivity index is 1.95. The van der Waals surface area contributed by atoms with E-state index in [4.69, 9.17) is 0 Å². The standard InChI is InChI=1S/C21H26N4O3S2/c1-15-14-25(20(26)16-8-6-10-18(12-16)23(2)3)21(29-15)22-17-9-7-11-19(13-17)30(27,28)24(4)5/h6-13,15H,14H2,1-5H3. The number of thioether (sulfide) groups is 1. The normalized spacial score (nSPS) is 18.3. The van der Waals surface area contributed by atoms with Crippen molar-refractivity contribution in [3.63, 3.8) is 0 Å². The first-order valence-electron chi connectivity index (χ1n) is 9.47. The molecule has 1 unspecified atom stereocenters. The maximum absolute atomic E-state index is 13.2. The van der Waals surface area contributed by atoms with Crippen LogP contribution in [0.4, 0.5) is 11.4 Å². The first kappa shape index (κ1) is 22.3. The van der Waals surface area contributed by atoms with Gasteiger partial charge in [0.05, 0.1) is 10.6 Å². The zero-order valence-electron chi connectivity index (χ0n) is 17.7. The summed E-state index contributed by atoms with van der Waals surface area (Å²) in [5, 5.41) is 0.764. The van der Waals surface area contributed by atoms with Crippen LogP contribution in [0, 0.1) is 0 Å². The number of sulfonamides is 1. The van der Waals surface area contributed by atoms with E-state index in [1.165, 1.54) is 36.2 Å². The van der Waals surface area contributed by atoms with Crippen molar-refractivity contribution < 1.29 is 13.2 Å². The summed E-state index contributed by atoms with van der Waals surface area (Å²) in [7, 11) is 3.28. The Morgan fingerprint density at radius 1 is 1.10 bits per heavy atom. The minimum absolute atomic E-state index is 0.119. The zero-order chi connectivity index (χ0) is 22.1. The number of carbonyl (C=O) groups excluding carboxylic acids is 1. The number of hydrogen-bond donors (Lipinski definition) is 0. The van der Waals surface area contributed by atoms with Crippen molar-refractivity contribution in [3.8, 4) is 0 Å². The first-order valence-corrected chi connectivity index (χ1v) is 11.8. The van der Waals surface area contributed by atoms with E-state index in [2.05, 4.69) is 4.99 Å². The van der Waals surface area contributed by atoms with Crippen LogP contribution in [0.1, 0.15) is 17.3 Å². The van der Waals surface area contributed by atoms with Crippen LogP contribution in [0.25, 0.3) is 0 Å². The highest BCUT2D eigenvalue weighted by molar-refractivity contribution is 8.14. The smallest absolute Gasteiger partial charge is 0.259 e. The van der Waals surface area contributed by atoms with Crippen LogP contribution in [0.2, 0.25) is 0 Å². The molecule has 0 aliphatic carbocycles. The minimum atomic E-state index is -3.56. The van der Waals surface area contributed by atoms with Crippen LogP contribution in [-0.4, -0.2) is 68.7 Å². The van der Waals surface area contributed by atoms with Gasteiger partial charge in [-0.25, -0.2) is 17.7 Å². The third kappa shape index (κ3) is 4.69. The van der Waals surface area contributed by atoms with E-state index in [1.54, 1.807) is 29.2 Å². The molecular weight excluding hydrogens is 420 g/mol. The predicted molar refractivity (Wildman–Crippen MR) is 123 cm³/mol. The molecule has 160 valence electrons. The van der Waals surface area contributed by atoms with Gasteiger partial charge in [0.25, 0.3) is 5.91 Å². The van der Waals surface area contributed by atoms with E-state index in [0.717, 1.165) is 5.69 Å². The predicted octanol–water partition coefficient (Wildman–Crippen LogP) is 3.27. The SMILES string of the molecule is CC1CN(C(=O)c2cccc(N(C)C)c2)C(=Nc2cccc(S(=O)(=O)N(C)C)c2)S1. The number of nitrogens with zero attached hydrogens (tertiary/aromatic N) is 4. The van der Waals surface area contributed by atoms with E-state index in [9.17, 15) is 13.2 Å². The van der Waals surface area contributed by atoms with Gasteiger partial charge in [0.15, 0.2) is 5.17 Å². The van der Waals surface area contributed by atoms with Gasteiger partial charge in [-0.3, -0.25) is 9.69 Å². The second-order valence-electron chi connectivity index (χ2n) is 7.47. The van der Waals surface area contributed by atoms with E-state index in [-0.39, 0.29) is 16.1 Å². The Labute approximate surface area is 182 Å². The highest BCUT2D eigenvalue weighted by Gasteiger charge is 2.31. The Bertz CT molecular complexity index is 1080. The fraction of sp³-hybridized carbons (Fsp3) is 0.333. The van der Waals surface area contributed by atoms with Crippen LogP contribution < -0.4 is 4.90 Å². The molecule has 9 heteroatoms. The fourth-order valence-corrected chi connectivity index (χ4v) is 4.95. The molecule has 30 heavy (non-hydrogen) atoms. The number of amidine groups is 1. The van der Waals surface area contributed by atoms with Crippen LogP contribution in [-0.2, 0) is 10.0 Å². The maximum atomic E-state index is 13.2. The molecule has 0 saturated carbocycles. The molecule has 7 nitrogen and oxygen atoms in total. The lowest BCUT2D eigenvalue weighted by atomic mass is 10.1. The molecule has 3 rings (SSSR count). The number of hydrogen-bond acceptors (Lipinski definition) is 6. The van der Waals surface area contributed by atoms with E-state index < -0.39 is 10.0 Å². The van der Waals surface area contributed by atoms with Gasteiger partial charge in [0.1, 0.15) is 0 Å². The Kier molecular flexibility index (Phi) is 6.54. The maximum Gasteiger partial charge on any atom is 0.259 e. The molecule has 0 bridgehead atoms. The van der Waals surface area contributed by atoms with Gasteiger partial charge in [-0.05, 0) is 36.4 Å². The Hall–Kier alpha value is -2.36. The van der Waals surface area contributed by atoms with Gasteiger partial charge < -0.3 is 4.90 Å². The molecule has 1 amide bonds. The lowest BCUT2D eigenvalue weighted by molar-refractivity contribution is 0.0855. The summed E-state index contributed by atoms with van der Waals surface area (Å²) < 4.78 is 26.0. The number of amides is 1. The molecule has 0 spiro atoms. The molecule has 1 atom stereocenters. The zero-order valence-corrected chi connectivity index (χ0v) is 19.4. The summed E-state index contributed by atoms with van der Waals surface area (Å²) in [5.41, 5.74) is 2.03. The number of anilines is 1. The summed E-state index contributed by atoms with van der Waals surface area (Å²) in [6, 6.07) is 13.9.